The zero-order valence-corrected chi connectivity index (χ0v) is 17.1. The van der Waals surface area contributed by atoms with Gasteiger partial charge in [0.25, 0.3) is 5.91 Å². The molecular weight excluding hydrogens is 396 g/mol. The van der Waals surface area contributed by atoms with Crippen LogP contribution in [0.4, 0.5) is 0 Å². The number of carboxylic acids is 1. The van der Waals surface area contributed by atoms with E-state index in [1.165, 1.54) is 25.3 Å². The Morgan fingerprint density at radius 3 is 2.45 bits per heavy atom. The maximum atomic E-state index is 12.9. The molecule has 0 aliphatic rings. The minimum atomic E-state index is -3.86. The van der Waals surface area contributed by atoms with Crippen LogP contribution in [0, 0.1) is 6.92 Å². The van der Waals surface area contributed by atoms with Crippen molar-refractivity contribution in [1.82, 2.24) is 9.62 Å². The molecule has 2 aromatic carbocycles. The zero-order valence-electron chi connectivity index (χ0n) is 16.3. The summed E-state index contributed by atoms with van der Waals surface area (Å²) < 4.78 is 32.8. The molecular formula is C20H24N2O6S. The summed E-state index contributed by atoms with van der Waals surface area (Å²) in [5.74, 6) is -1.73. The van der Waals surface area contributed by atoms with Gasteiger partial charge in [-0.1, -0.05) is 36.4 Å². The van der Waals surface area contributed by atoms with E-state index in [9.17, 15) is 18.0 Å². The maximum Gasteiger partial charge on any atom is 0.323 e. The van der Waals surface area contributed by atoms with Crippen LogP contribution in [-0.2, 0) is 26.1 Å². The summed E-state index contributed by atoms with van der Waals surface area (Å²) in [4.78, 5) is 25.0. The molecule has 0 radical (unpaired) electrons. The quantitative estimate of drug-likeness (QED) is 0.604. The minimum absolute atomic E-state index is 0.0654. The number of sulfonamides is 1. The second kappa shape index (κ2) is 10.1. The molecule has 9 heteroatoms. The molecule has 8 nitrogen and oxygen atoms in total. The molecule has 29 heavy (non-hydrogen) atoms. The standard InChI is InChI=1S/C20H24N2O6S/c1-15-8-9-17(29(26,27)21-13-16-6-4-3-5-7-16)12-18(15)20(25)22(10-11-28-2)14-19(23)24/h3-9,12,21H,10-11,13-14H2,1-2H3,(H,23,24). The average Bonchev–Trinajstić information content (AvgIpc) is 2.70. The van der Waals surface area contributed by atoms with E-state index < -0.39 is 28.4 Å². The predicted octanol–water partition coefficient (Wildman–Crippen LogP) is 1.65. The molecule has 0 aliphatic carbocycles. The first-order valence-corrected chi connectivity index (χ1v) is 10.4. The second-order valence-corrected chi connectivity index (χ2v) is 8.17. The van der Waals surface area contributed by atoms with E-state index >= 15 is 0 Å². The molecule has 2 N–H and O–H groups in total. The molecule has 0 bridgehead atoms. The van der Waals surface area contributed by atoms with Crippen molar-refractivity contribution in [3.63, 3.8) is 0 Å². The van der Waals surface area contributed by atoms with Gasteiger partial charge in [-0.05, 0) is 30.2 Å². The number of nitrogens with zero attached hydrogens (tertiary/aromatic N) is 1. The Balaban J connectivity index is 2.27. The van der Waals surface area contributed by atoms with E-state index in [4.69, 9.17) is 9.84 Å². The van der Waals surface area contributed by atoms with Gasteiger partial charge in [0, 0.05) is 25.8 Å². The van der Waals surface area contributed by atoms with E-state index in [-0.39, 0.29) is 30.2 Å². The van der Waals surface area contributed by atoms with Crippen LogP contribution in [0.3, 0.4) is 0 Å². The summed E-state index contributed by atoms with van der Waals surface area (Å²) in [6.07, 6.45) is 0. The summed E-state index contributed by atoms with van der Waals surface area (Å²) in [5, 5.41) is 9.07. The first-order valence-electron chi connectivity index (χ1n) is 8.89. The number of carbonyl (C=O) groups is 2. The largest absolute Gasteiger partial charge is 0.480 e. The van der Waals surface area contributed by atoms with Crippen LogP contribution < -0.4 is 4.72 Å². The van der Waals surface area contributed by atoms with Crippen molar-refractivity contribution in [2.24, 2.45) is 0 Å². The molecule has 2 rings (SSSR count). The first-order chi connectivity index (χ1) is 13.7. The molecule has 0 saturated carbocycles. The molecule has 0 atom stereocenters. The number of carbonyl (C=O) groups excluding carboxylic acids is 1. The topological polar surface area (TPSA) is 113 Å². The number of methoxy groups -OCH3 is 1. The van der Waals surface area contributed by atoms with Crippen molar-refractivity contribution < 1.29 is 27.9 Å². The number of aliphatic carboxylic acids is 1. The highest BCUT2D eigenvalue weighted by Crippen LogP contribution is 2.18. The molecule has 156 valence electrons. The number of benzene rings is 2. The summed E-state index contributed by atoms with van der Waals surface area (Å²) in [6, 6.07) is 13.3. The van der Waals surface area contributed by atoms with Gasteiger partial charge >= 0.3 is 5.97 Å². The SMILES string of the molecule is COCCN(CC(=O)O)C(=O)c1cc(S(=O)(=O)NCc2ccccc2)ccc1C. The molecule has 0 fully saturated rings. The minimum Gasteiger partial charge on any atom is -0.480 e. The van der Waals surface area contributed by atoms with E-state index in [1.54, 1.807) is 19.1 Å². The van der Waals surface area contributed by atoms with E-state index in [0.29, 0.717) is 5.56 Å². The van der Waals surface area contributed by atoms with Crippen LogP contribution in [0.1, 0.15) is 21.5 Å². The van der Waals surface area contributed by atoms with Crippen LogP contribution in [-0.4, -0.2) is 57.1 Å². The molecule has 2 aromatic rings. The van der Waals surface area contributed by atoms with Crippen LogP contribution in [0.25, 0.3) is 0 Å². The van der Waals surface area contributed by atoms with E-state index in [2.05, 4.69) is 4.72 Å². The lowest BCUT2D eigenvalue weighted by Gasteiger charge is -2.21. The molecule has 1 amide bonds. The molecule has 0 spiro atoms. The summed E-state index contributed by atoms with van der Waals surface area (Å²) in [7, 11) is -2.41. The van der Waals surface area contributed by atoms with Gasteiger partial charge < -0.3 is 14.7 Å². The Kier molecular flexibility index (Phi) is 7.89. The molecule has 0 aliphatic heterocycles. The number of amides is 1. The molecule has 0 saturated heterocycles. The lowest BCUT2D eigenvalue weighted by Crippen LogP contribution is -2.38. The third-order valence-corrected chi connectivity index (χ3v) is 5.64. The third kappa shape index (κ3) is 6.38. The molecule has 0 heterocycles. The Hall–Kier alpha value is -2.75. The fraction of sp³-hybridized carbons (Fsp3) is 0.300. The van der Waals surface area contributed by atoms with Crippen molar-refractivity contribution in [3.8, 4) is 0 Å². The highest BCUT2D eigenvalue weighted by atomic mass is 32.2. The van der Waals surface area contributed by atoms with Crippen molar-refractivity contribution in [2.75, 3.05) is 26.8 Å². The third-order valence-electron chi connectivity index (χ3n) is 4.24. The Morgan fingerprint density at radius 2 is 1.83 bits per heavy atom. The summed E-state index contributed by atoms with van der Waals surface area (Å²) >= 11 is 0. The lowest BCUT2D eigenvalue weighted by molar-refractivity contribution is -0.137. The normalized spacial score (nSPS) is 11.2. The van der Waals surface area contributed by atoms with Gasteiger partial charge in [-0.2, -0.15) is 0 Å². The van der Waals surface area contributed by atoms with Crippen molar-refractivity contribution in [1.29, 1.82) is 0 Å². The summed E-state index contributed by atoms with van der Waals surface area (Å²) in [6.45, 7) is 1.50. The van der Waals surface area contributed by atoms with E-state index in [0.717, 1.165) is 10.5 Å². The lowest BCUT2D eigenvalue weighted by atomic mass is 10.1. The number of carboxylic acid groups (broad SMARTS) is 1. The average molecular weight is 420 g/mol. The van der Waals surface area contributed by atoms with Gasteiger partial charge in [-0.3, -0.25) is 9.59 Å². The van der Waals surface area contributed by atoms with Gasteiger partial charge in [-0.25, -0.2) is 13.1 Å². The van der Waals surface area contributed by atoms with Gasteiger partial charge in [0.05, 0.1) is 11.5 Å². The Morgan fingerprint density at radius 1 is 1.14 bits per heavy atom. The van der Waals surface area contributed by atoms with Crippen molar-refractivity contribution in [2.45, 2.75) is 18.4 Å². The Labute approximate surface area is 170 Å². The number of rotatable bonds is 10. The zero-order chi connectivity index (χ0) is 21.4. The highest BCUT2D eigenvalue weighted by molar-refractivity contribution is 7.89. The highest BCUT2D eigenvalue weighted by Gasteiger charge is 2.23. The Bertz CT molecular complexity index is 960. The maximum absolute atomic E-state index is 12.9. The molecule has 0 unspecified atom stereocenters. The van der Waals surface area contributed by atoms with Crippen LogP contribution in [0.5, 0.6) is 0 Å². The van der Waals surface area contributed by atoms with Crippen molar-refractivity contribution >= 4 is 21.9 Å². The van der Waals surface area contributed by atoms with Gasteiger partial charge in [0.15, 0.2) is 0 Å². The first kappa shape index (κ1) is 22.5. The van der Waals surface area contributed by atoms with Gasteiger partial charge in [-0.15, -0.1) is 0 Å². The van der Waals surface area contributed by atoms with Crippen molar-refractivity contribution in [3.05, 3.63) is 65.2 Å². The second-order valence-electron chi connectivity index (χ2n) is 6.40. The van der Waals surface area contributed by atoms with E-state index in [1.807, 2.05) is 18.2 Å². The number of hydrogen-bond acceptors (Lipinski definition) is 5. The molecule has 0 aromatic heterocycles. The fourth-order valence-corrected chi connectivity index (χ4v) is 3.69. The van der Waals surface area contributed by atoms with Crippen LogP contribution >= 0.6 is 0 Å². The smallest absolute Gasteiger partial charge is 0.323 e. The predicted molar refractivity (Wildman–Crippen MR) is 107 cm³/mol. The van der Waals surface area contributed by atoms with Gasteiger partial charge in [0.2, 0.25) is 10.0 Å². The van der Waals surface area contributed by atoms with Crippen LogP contribution in [0.2, 0.25) is 0 Å². The summed E-state index contributed by atoms with van der Waals surface area (Å²) in [5.41, 5.74) is 1.47. The van der Waals surface area contributed by atoms with Crippen LogP contribution in [0.15, 0.2) is 53.4 Å². The number of nitrogens with one attached hydrogen (secondary N) is 1. The monoisotopic (exact) mass is 420 g/mol. The fourth-order valence-electron chi connectivity index (χ4n) is 2.64. The number of hydrogen-bond donors (Lipinski definition) is 2. The number of aryl methyl sites for hydroxylation is 1. The number of ether oxygens (including phenoxy) is 1. The van der Waals surface area contributed by atoms with Gasteiger partial charge in [0.1, 0.15) is 6.54 Å².